The Labute approximate surface area is 212 Å². The van der Waals surface area contributed by atoms with Gasteiger partial charge in [0.2, 0.25) is 0 Å². The molecule has 0 spiro atoms. The predicted octanol–water partition coefficient (Wildman–Crippen LogP) is 2.76. The van der Waals surface area contributed by atoms with Crippen LogP contribution >= 0.6 is 0 Å². The summed E-state index contributed by atoms with van der Waals surface area (Å²) < 4.78 is 5.76. The molecule has 3 aromatic carbocycles. The van der Waals surface area contributed by atoms with Crippen LogP contribution in [0.4, 0.5) is 5.69 Å². The highest BCUT2D eigenvalue weighted by atomic mass is 16.5. The molecule has 3 aromatic rings. The number of phenols is 3. The van der Waals surface area contributed by atoms with Crippen molar-refractivity contribution in [3.05, 3.63) is 83.4 Å². The molecule has 0 radical (unpaired) electrons. The molecule has 192 valence electrons. The first-order valence-electron chi connectivity index (χ1n) is 11.8. The molecule has 1 aliphatic heterocycles. The Bertz CT molecular complexity index is 1260. The number of phenolic OH excluding ortho intramolecular Hbond substituents is 3. The van der Waals surface area contributed by atoms with Crippen LogP contribution in [0.25, 0.3) is 0 Å². The molecule has 1 heterocycles. The van der Waals surface area contributed by atoms with Crippen LogP contribution < -0.4 is 16.0 Å². The summed E-state index contributed by atoms with van der Waals surface area (Å²) in [6.07, 6.45) is 0.748. The van der Waals surface area contributed by atoms with Crippen molar-refractivity contribution in [2.24, 2.45) is 0 Å². The van der Waals surface area contributed by atoms with Crippen molar-refractivity contribution in [2.45, 2.75) is 25.0 Å². The second-order valence-corrected chi connectivity index (χ2v) is 8.62. The number of hydrogen-bond donors (Lipinski definition) is 6. The number of esters is 1. The SMILES string of the molecule is O=C(N[C@@H]1CNCCC[C@H]1OC(=O)c1ccc(NC(=O)c2c(O)cccc2O)cc1)c1ccc(O)cc1. The summed E-state index contributed by atoms with van der Waals surface area (Å²) in [6.45, 7) is 1.15. The second kappa shape index (κ2) is 11.4. The third-order valence-corrected chi connectivity index (χ3v) is 5.99. The Hall–Kier alpha value is -4.57. The zero-order valence-electron chi connectivity index (χ0n) is 19.8. The lowest BCUT2D eigenvalue weighted by atomic mass is 10.1. The largest absolute Gasteiger partial charge is 0.508 e. The highest BCUT2D eigenvalue weighted by Gasteiger charge is 2.29. The van der Waals surface area contributed by atoms with E-state index in [1.165, 1.54) is 66.7 Å². The van der Waals surface area contributed by atoms with Crippen molar-refractivity contribution in [3.8, 4) is 17.2 Å². The molecular weight excluding hydrogens is 478 g/mol. The minimum absolute atomic E-state index is 0.0569. The molecule has 0 aliphatic carbocycles. The lowest BCUT2D eigenvalue weighted by molar-refractivity contribution is 0.0192. The highest BCUT2D eigenvalue weighted by Crippen LogP contribution is 2.27. The normalized spacial score (nSPS) is 17.3. The van der Waals surface area contributed by atoms with Crippen LogP contribution in [0.3, 0.4) is 0 Å². The van der Waals surface area contributed by atoms with E-state index < -0.39 is 24.0 Å². The van der Waals surface area contributed by atoms with E-state index in [0.29, 0.717) is 24.2 Å². The van der Waals surface area contributed by atoms with E-state index in [-0.39, 0.29) is 34.3 Å². The molecule has 4 rings (SSSR count). The average Bonchev–Trinajstić information content (AvgIpc) is 3.09. The first kappa shape index (κ1) is 25.5. The van der Waals surface area contributed by atoms with Crippen molar-refractivity contribution in [1.82, 2.24) is 10.6 Å². The van der Waals surface area contributed by atoms with Crippen LogP contribution in [0.5, 0.6) is 17.2 Å². The van der Waals surface area contributed by atoms with E-state index >= 15 is 0 Å². The number of rotatable bonds is 6. The molecule has 6 N–H and O–H groups in total. The van der Waals surface area contributed by atoms with Gasteiger partial charge in [-0.3, -0.25) is 9.59 Å². The Balaban J connectivity index is 1.40. The summed E-state index contributed by atoms with van der Waals surface area (Å²) in [5.41, 5.74) is 0.724. The topological polar surface area (TPSA) is 157 Å². The number of carbonyl (C=O) groups is 3. The fraction of sp³-hybridized carbons (Fsp3) is 0.222. The smallest absolute Gasteiger partial charge is 0.338 e. The number of ether oxygens (including phenoxy) is 1. The second-order valence-electron chi connectivity index (χ2n) is 8.62. The van der Waals surface area contributed by atoms with Crippen molar-refractivity contribution >= 4 is 23.5 Å². The predicted molar refractivity (Wildman–Crippen MR) is 135 cm³/mol. The van der Waals surface area contributed by atoms with Gasteiger partial charge in [0.05, 0.1) is 11.6 Å². The lowest BCUT2D eigenvalue weighted by Gasteiger charge is -2.26. The van der Waals surface area contributed by atoms with Gasteiger partial charge in [0.15, 0.2) is 0 Å². The lowest BCUT2D eigenvalue weighted by Crippen LogP contribution is -2.49. The maximum Gasteiger partial charge on any atom is 0.338 e. The molecule has 1 aliphatic rings. The van der Waals surface area contributed by atoms with Crippen LogP contribution in [0.15, 0.2) is 66.7 Å². The van der Waals surface area contributed by atoms with E-state index in [1.54, 1.807) is 0 Å². The molecular formula is C27H27N3O7. The minimum Gasteiger partial charge on any atom is -0.508 e. The number of anilines is 1. The van der Waals surface area contributed by atoms with Crippen molar-refractivity contribution in [3.63, 3.8) is 0 Å². The van der Waals surface area contributed by atoms with Gasteiger partial charge in [-0.15, -0.1) is 0 Å². The standard InChI is InChI=1S/C27H27N3O7/c31-19-12-8-16(9-13-19)25(34)30-20-15-28-14-2-5-23(20)37-27(36)17-6-10-18(11-7-17)29-26(35)24-21(32)3-1-4-22(24)33/h1,3-4,6-13,20,23,28,31-33H,2,5,14-15H2,(H,29,35)(H,30,34)/t20-,23-/m1/s1. The molecule has 0 bridgehead atoms. The third-order valence-electron chi connectivity index (χ3n) is 5.99. The fourth-order valence-electron chi connectivity index (χ4n) is 4.02. The Morgan fingerprint density at radius 3 is 2.16 bits per heavy atom. The van der Waals surface area contributed by atoms with E-state index in [4.69, 9.17) is 4.74 Å². The monoisotopic (exact) mass is 505 g/mol. The summed E-state index contributed by atoms with van der Waals surface area (Å²) in [5.74, 6) is -2.28. The summed E-state index contributed by atoms with van der Waals surface area (Å²) in [5, 5.41) is 37.9. The molecule has 0 unspecified atom stereocenters. The third kappa shape index (κ3) is 6.36. The first-order chi connectivity index (χ1) is 17.8. The molecule has 1 fully saturated rings. The molecule has 0 aromatic heterocycles. The van der Waals surface area contributed by atoms with Crippen LogP contribution in [-0.4, -0.2) is 58.3 Å². The number of carbonyl (C=O) groups excluding carboxylic acids is 3. The average molecular weight is 506 g/mol. The Morgan fingerprint density at radius 1 is 0.838 bits per heavy atom. The molecule has 1 saturated heterocycles. The Morgan fingerprint density at radius 2 is 1.49 bits per heavy atom. The van der Waals surface area contributed by atoms with Crippen LogP contribution in [0.2, 0.25) is 0 Å². The van der Waals surface area contributed by atoms with Crippen molar-refractivity contribution in [2.75, 3.05) is 18.4 Å². The summed E-state index contributed by atoms with van der Waals surface area (Å²) in [7, 11) is 0. The van der Waals surface area contributed by atoms with Crippen LogP contribution in [0, 0.1) is 0 Å². The maximum absolute atomic E-state index is 12.9. The number of nitrogens with one attached hydrogen (secondary N) is 3. The van der Waals surface area contributed by atoms with Gasteiger partial charge in [0.25, 0.3) is 11.8 Å². The van der Waals surface area contributed by atoms with Gasteiger partial charge >= 0.3 is 5.97 Å². The van der Waals surface area contributed by atoms with E-state index in [0.717, 1.165) is 13.0 Å². The van der Waals surface area contributed by atoms with Crippen molar-refractivity contribution in [1.29, 1.82) is 0 Å². The highest BCUT2D eigenvalue weighted by molar-refractivity contribution is 6.08. The quantitative estimate of drug-likeness (QED) is 0.279. The number of hydrogen-bond acceptors (Lipinski definition) is 8. The van der Waals surface area contributed by atoms with Crippen molar-refractivity contribution < 1.29 is 34.4 Å². The molecule has 10 nitrogen and oxygen atoms in total. The van der Waals surface area contributed by atoms with E-state index in [9.17, 15) is 29.7 Å². The summed E-state index contributed by atoms with van der Waals surface area (Å²) in [6, 6.07) is 15.4. The zero-order chi connectivity index (χ0) is 26.4. The number of benzene rings is 3. The van der Waals surface area contributed by atoms with Gasteiger partial charge in [-0.2, -0.15) is 0 Å². The van der Waals surface area contributed by atoms with Gasteiger partial charge in [-0.25, -0.2) is 4.79 Å². The Kier molecular flexibility index (Phi) is 7.89. The zero-order valence-corrected chi connectivity index (χ0v) is 19.8. The van der Waals surface area contributed by atoms with E-state index in [2.05, 4.69) is 16.0 Å². The molecule has 0 saturated carbocycles. The van der Waals surface area contributed by atoms with Gasteiger partial charge < -0.3 is 36.0 Å². The molecule has 2 atom stereocenters. The maximum atomic E-state index is 12.9. The minimum atomic E-state index is -0.705. The van der Waals surface area contributed by atoms with Gasteiger partial charge in [-0.1, -0.05) is 6.07 Å². The van der Waals surface area contributed by atoms with E-state index in [1.807, 2.05) is 0 Å². The van der Waals surface area contributed by atoms with Gasteiger partial charge in [-0.05, 0) is 80.1 Å². The van der Waals surface area contributed by atoms with Crippen LogP contribution in [0.1, 0.15) is 43.9 Å². The molecule has 37 heavy (non-hydrogen) atoms. The van der Waals surface area contributed by atoms with Gasteiger partial charge in [0, 0.05) is 17.8 Å². The number of aromatic hydroxyl groups is 3. The molecule has 2 amide bonds. The van der Waals surface area contributed by atoms with Gasteiger partial charge in [0.1, 0.15) is 28.9 Å². The summed E-state index contributed by atoms with van der Waals surface area (Å²) >= 11 is 0. The summed E-state index contributed by atoms with van der Waals surface area (Å²) in [4.78, 5) is 38.0. The van der Waals surface area contributed by atoms with Crippen LogP contribution in [-0.2, 0) is 4.74 Å². The fourth-order valence-corrected chi connectivity index (χ4v) is 4.02. The first-order valence-corrected chi connectivity index (χ1v) is 11.8. The number of amides is 2. The molecule has 10 heteroatoms.